The van der Waals surface area contributed by atoms with E-state index >= 15 is 0 Å². The van der Waals surface area contributed by atoms with Crippen LogP contribution in [0.4, 0.5) is 0 Å². The SMILES string of the molecule is Cc1ccc(C(=O)NNC(=O)CCC(=O)N2CCOCC2)c(C)c1. The van der Waals surface area contributed by atoms with E-state index in [-0.39, 0.29) is 24.7 Å². The normalized spacial score (nSPS) is 14.2. The summed E-state index contributed by atoms with van der Waals surface area (Å²) >= 11 is 0. The lowest BCUT2D eigenvalue weighted by Crippen LogP contribution is -2.43. The lowest BCUT2D eigenvalue weighted by Gasteiger charge is -2.26. The van der Waals surface area contributed by atoms with Crippen LogP contribution in [0.25, 0.3) is 0 Å². The highest BCUT2D eigenvalue weighted by molar-refractivity contribution is 5.96. The molecule has 0 radical (unpaired) electrons. The van der Waals surface area contributed by atoms with Gasteiger partial charge >= 0.3 is 0 Å². The predicted octanol–water partition coefficient (Wildman–Crippen LogP) is 0.703. The first-order valence-electron chi connectivity index (χ1n) is 7.99. The number of hydrazine groups is 1. The third-order valence-corrected chi connectivity index (χ3v) is 3.87. The largest absolute Gasteiger partial charge is 0.378 e. The van der Waals surface area contributed by atoms with Gasteiger partial charge in [-0.3, -0.25) is 25.2 Å². The predicted molar refractivity (Wildman–Crippen MR) is 88.2 cm³/mol. The Labute approximate surface area is 141 Å². The van der Waals surface area contributed by atoms with E-state index in [4.69, 9.17) is 4.74 Å². The molecule has 0 aliphatic carbocycles. The number of hydrogen-bond donors (Lipinski definition) is 2. The number of nitrogens with one attached hydrogen (secondary N) is 2. The van der Waals surface area contributed by atoms with Gasteiger partial charge in [-0.15, -0.1) is 0 Å². The van der Waals surface area contributed by atoms with Crippen molar-refractivity contribution in [1.82, 2.24) is 15.8 Å². The van der Waals surface area contributed by atoms with Crippen molar-refractivity contribution >= 4 is 17.7 Å². The number of ether oxygens (including phenoxy) is 1. The molecule has 1 aliphatic heterocycles. The molecule has 1 aromatic carbocycles. The molecular weight excluding hydrogens is 310 g/mol. The number of benzene rings is 1. The van der Waals surface area contributed by atoms with E-state index < -0.39 is 5.91 Å². The summed E-state index contributed by atoms with van der Waals surface area (Å²) < 4.78 is 5.18. The van der Waals surface area contributed by atoms with E-state index in [1.54, 1.807) is 11.0 Å². The van der Waals surface area contributed by atoms with E-state index in [2.05, 4.69) is 10.9 Å². The Morgan fingerprint density at radius 2 is 1.79 bits per heavy atom. The van der Waals surface area contributed by atoms with E-state index in [9.17, 15) is 14.4 Å². The fourth-order valence-electron chi connectivity index (χ4n) is 2.52. The van der Waals surface area contributed by atoms with Crippen molar-refractivity contribution in [2.24, 2.45) is 0 Å². The summed E-state index contributed by atoms with van der Waals surface area (Å²) in [4.78, 5) is 37.5. The van der Waals surface area contributed by atoms with Gasteiger partial charge in [-0.2, -0.15) is 0 Å². The van der Waals surface area contributed by atoms with Crippen LogP contribution >= 0.6 is 0 Å². The van der Waals surface area contributed by atoms with E-state index in [0.717, 1.165) is 11.1 Å². The molecule has 1 aromatic rings. The number of carbonyl (C=O) groups is 3. The van der Waals surface area contributed by atoms with Crippen LogP contribution in [0.1, 0.15) is 34.3 Å². The average Bonchev–Trinajstić information content (AvgIpc) is 2.58. The maximum absolute atomic E-state index is 12.1. The number of carbonyl (C=O) groups excluding carboxylic acids is 3. The van der Waals surface area contributed by atoms with Gasteiger partial charge in [0.25, 0.3) is 5.91 Å². The van der Waals surface area contributed by atoms with Crippen molar-refractivity contribution in [1.29, 1.82) is 0 Å². The zero-order chi connectivity index (χ0) is 17.5. The second kappa shape index (κ2) is 8.44. The maximum atomic E-state index is 12.1. The van der Waals surface area contributed by atoms with Gasteiger partial charge in [-0.1, -0.05) is 17.7 Å². The molecule has 0 bridgehead atoms. The summed E-state index contributed by atoms with van der Waals surface area (Å²) in [7, 11) is 0. The molecule has 2 N–H and O–H groups in total. The van der Waals surface area contributed by atoms with Gasteiger partial charge in [0.15, 0.2) is 0 Å². The summed E-state index contributed by atoms with van der Waals surface area (Å²) in [6.45, 7) is 5.97. The van der Waals surface area contributed by atoms with Gasteiger partial charge in [-0.25, -0.2) is 0 Å². The first-order valence-corrected chi connectivity index (χ1v) is 7.99. The van der Waals surface area contributed by atoms with Crippen LogP contribution in [-0.4, -0.2) is 48.9 Å². The van der Waals surface area contributed by atoms with Crippen LogP contribution in [0.2, 0.25) is 0 Å². The number of aryl methyl sites for hydroxylation is 2. The Kier molecular flexibility index (Phi) is 6.31. The lowest BCUT2D eigenvalue weighted by atomic mass is 10.1. The molecule has 2 rings (SSSR count). The molecule has 130 valence electrons. The third-order valence-electron chi connectivity index (χ3n) is 3.87. The summed E-state index contributed by atoms with van der Waals surface area (Å²) in [5, 5.41) is 0. The van der Waals surface area contributed by atoms with Gasteiger partial charge in [0.1, 0.15) is 0 Å². The van der Waals surface area contributed by atoms with Crippen molar-refractivity contribution in [2.45, 2.75) is 26.7 Å². The van der Waals surface area contributed by atoms with Crippen molar-refractivity contribution < 1.29 is 19.1 Å². The summed E-state index contributed by atoms with van der Waals surface area (Å²) in [6.07, 6.45) is 0.147. The smallest absolute Gasteiger partial charge is 0.269 e. The van der Waals surface area contributed by atoms with Gasteiger partial charge in [0.05, 0.1) is 13.2 Å². The molecular formula is C17H23N3O4. The molecule has 1 saturated heterocycles. The van der Waals surface area contributed by atoms with Gasteiger partial charge in [-0.05, 0) is 25.5 Å². The fourth-order valence-corrected chi connectivity index (χ4v) is 2.52. The molecule has 7 nitrogen and oxygen atoms in total. The van der Waals surface area contributed by atoms with Crippen LogP contribution in [0, 0.1) is 13.8 Å². The maximum Gasteiger partial charge on any atom is 0.269 e. The molecule has 1 fully saturated rings. The molecule has 1 aliphatic rings. The van der Waals surface area contributed by atoms with Crippen molar-refractivity contribution in [3.05, 3.63) is 34.9 Å². The third kappa shape index (κ3) is 5.06. The Morgan fingerprint density at radius 3 is 2.46 bits per heavy atom. The van der Waals surface area contributed by atoms with Crippen molar-refractivity contribution in [3.63, 3.8) is 0 Å². The monoisotopic (exact) mass is 333 g/mol. The van der Waals surface area contributed by atoms with Gasteiger partial charge in [0.2, 0.25) is 11.8 Å². The Hall–Kier alpha value is -2.41. The Morgan fingerprint density at radius 1 is 1.08 bits per heavy atom. The zero-order valence-electron chi connectivity index (χ0n) is 14.1. The number of amides is 3. The van der Waals surface area contributed by atoms with E-state index in [1.165, 1.54) is 0 Å². The number of rotatable bonds is 4. The molecule has 24 heavy (non-hydrogen) atoms. The summed E-state index contributed by atoms with van der Waals surface area (Å²) in [6, 6.07) is 5.45. The molecule has 1 heterocycles. The topological polar surface area (TPSA) is 87.7 Å². The molecule has 0 saturated carbocycles. The molecule has 0 unspecified atom stereocenters. The summed E-state index contributed by atoms with van der Waals surface area (Å²) in [5.41, 5.74) is 7.13. The number of nitrogens with zero attached hydrogens (tertiary/aromatic N) is 1. The highest BCUT2D eigenvalue weighted by Crippen LogP contribution is 2.10. The fraction of sp³-hybridized carbons (Fsp3) is 0.471. The minimum absolute atomic E-state index is 0.0311. The van der Waals surface area contributed by atoms with Crippen molar-refractivity contribution in [2.75, 3.05) is 26.3 Å². The summed E-state index contributed by atoms with van der Waals surface area (Å²) in [5.74, 6) is -0.843. The first kappa shape index (κ1) is 17.9. The standard InChI is InChI=1S/C17H23N3O4/c1-12-3-4-14(13(2)11-12)17(23)19-18-15(21)5-6-16(22)20-7-9-24-10-8-20/h3-4,11H,5-10H2,1-2H3,(H,18,21)(H,19,23). The van der Waals surface area contributed by atoms with Crippen molar-refractivity contribution in [3.8, 4) is 0 Å². The Bertz CT molecular complexity index is 624. The second-order valence-electron chi connectivity index (χ2n) is 5.81. The molecule has 7 heteroatoms. The van der Waals surface area contributed by atoms with Crippen LogP contribution in [0.15, 0.2) is 18.2 Å². The molecule has 3 amide bonds. The minimum Gasteiger partial charge on any atom is -0.378 e. The van der Waals surface area contributed by atoms with Gasteiger partial charge in [0, 0.05) is 31.5 Å². The molecule has 0 spiro atoms. The second-order valence-corrected chi connectivity index (χ2v) is 5.81. The average molecular weight is 333 g/mol. The quantitative estimate of drug-likeness (QED) is 0.794. The highest BCUT2D eigenvalue weighted by atomic mass is 16.5. The van der Waals surface area contributed by atoms with Crippen LogP contribution in [-0.2, 0) is 14.3 Å². The van der Waals surface area contributed by atoms with Gasteiger partial charge < -0.3 is 9.64 Å². The number of morpholine rings is 1. The molecule has 0 aromatic heterocycles. The Balaban J connectivity index is 1.74. The van der Waals surface area contributed by atoms with E-state index in [0.29, 0.717) is 31.9 Å². The number of hydrogen-bond acceptors (Lipinski definition) is 4. The van der Waals surface area contributed by atoms with Crippen LogP contribution in [0.3, 0.4) is 0 Å². The van der Waals surface area contributed by atoms with E-state index in [1.807, 2.05) is 26.0 Å². The molecule has 0 atom stereocenters. The van der Waals surface area contributed by atoms with Crippen LogP contribution < -0.4 is 10.9 Å². The first-order chi connectivity index (χ1) is 11.5. The van der Waals surface area contributed by atoms with Crippen LogP contribution in [0.5, 0.6) is 0 Å². The zero-order valence-corrected chi connectivity index (χ0v) is 14.1. The lowest BCUT2D eigenvalue weighted by molar-refractivity contribution is -0.137. The minimum atomic E-state index is -0.394. The highest BCUT2D eigenvalue weighted by Gasteiger charge is 2.18.